The van der Waals surface area contributed by atoms with E-state index in [0.717, 1.165) is 36.1 Å². The number of piperidine rings is 1. The number of amides is 1. The maximum Gasteiger partial charge on any atom is 0.274 e. The Hall–Kier alpha value is -1.33. The van der Waals surface area contributed by atoms with E-state index in [0.29, 0.717) is 10.2 Å². The molecule has 1 aromatic heterocycles. The van der Waals surface area contributed by atoms with Crippen LogP contribution in [0.5, 0.6) is 5.19 Å². The Bertz CT molecular complexity index is 715. The molecule has 0 spiro atoms. The van der Waals surface area contributed by atoms with Gasteiger partial charge in [0.1, 0.15) is 11.6 Å². The van der Waals surface area contributed by atoms with Gasteiger partial charge in [-0.25, -0.2) is 4.98 Å². The number of thiazole rings is 1. The predicted molar refractivity (Wildman–Crippen MR) is 94.3 cm³/mol. The van der Waals surface area contributed by atoms with E-state index in [1.54, 1.807) is 0 Å². The number of likely N-dealkylation sites (tertiary alicyclic amines) is 1. The van der Waals surface area contributed by atoms with Gasteiger partial charge in [0.05, 0.1) is 9.72 Å². The lowest BCUT2D eigenvalue weighted by Gasteiger charge is -2.35. The second-order valence-corrected chi connectivity index (χ2v) is 8.33. The van der Waals surface area contributed by atoms with Gasteiger partial charge in [0.2, 0.25) is 5.91 Å². The largest absolute Gasteiger partial charge is 0.467 e. The van der Waals surface area contributed by atoms with Crippen molar-refractivity contribution in [1.29, 1.82) is 0 Å². The molecule has 0 atom stereocenters. The van der Waals surface area contributed by atoms with Crippen molar-refractivity contribution in [1.82, 2.24) is 9.88 Å². The first-order chi connectivity index (χ1) is 10.8. The molecule has 6 heteroatoms. The quantitative estimate of drug-likeness (QED) is 0.806. The van der Waals surface area contributed by atoms with Crippen molar-refractivity contribution in [2.45, 2.75) is 39.7 Å². The minimum atomic E-state index is -0.322. The van der Waals surface area contributed by atoms with Gasteiger partial charge in [0.25, 0.3) is 5.19 Å². The van der Waals surface area contributed by atoms with Crippen molar-refractivity contribution in [2.24, 2.45) is 5.41 Å². The maximum atomic E-state index is 12.3. The lowest BCUT2D eigenvalue weighted by atomic mass is 9.93. The Morgan fingerprint density at radius 1 is 1.35 bits per heavy atom. The van der Waals surface area contributed by atoms with Crippen LogP contribution in [0.2, 0.25) is 5.02 Å². The fourth-order valence-corrected chi connectivity index (χ4v) is 3.92. The fraction of sp³-hybridized carbons (Fsp3) is 0.529. The summed E-state index contributed by atoms with van der Waals surface area (Å²) in [7, 11) is 0. The van der Waals surface area contributed by atoms with Gasteiger partial charge in [-0.3, -0.25) is 4.79 Å². The van der Waals surface area contributed by atoms with Crippen molar-refractivity contribution in [2.75, 3.05) is 13.1 Å². The van der Waals surface area contributed by atoms with E-state index < -0.39 is 0 Å². The summed E-state index contributed by atoms with van der Waals surface area (Å²) in [5.74, 6) is 0.211. The Balaban J connectivity index is 1.62. The lowest BCUT2D eigenvalue weighted by molar-refractivity contribution is -0.141. The topological polar surface area (TPSA) is 42.4 Å². The summed E-state index contributed by atoms with van der Waals surface area (Å²) in [6, 6.07) is 5.75. The van der Waals surface area contributed by atoms with Crippen LogP contribution >= 0.6 is 22.9 Å². The second-order valence-electron chi connectivity index (χ2n) is 6.93. The van der Waals surface area contributed by atoms with Gasteiger partial charge in [-0.1, -0.05) is 49.8 Å². The van der Waals surface area contributed by atoms with Crippen LogP contribution in [0.3, 0.4) is 0 Å². The number of carbonyl (C=O) groups excluding carboxylic acids is 1. The molecule has 0 aliphatic carbocycles. The first kappa shape index (κ1) is 16.5. The first-order valence-corrected chi connectivity index (χ1v) is 9.05. The molecule has 0 bridgehead atoms. The molecule has 3 rings (SSSR count). The SMILES string of the molecule is CC(C)(C)C(=O)N1CCC(Oc2nc3c(Cl)cccc3s2)CC1. The van der Waals surface area contributed by atoms with Crippen LogP contribution in [0.15, 0.2) is 18.2 Å². The van der Waals surface area contributed by atoms with Crippen LogP contribution in [0, 0.1) is 5.41 Å². The Morgan fingerprint density at radius 3 is 2.65 bits per heavy atom. The normalized spacial score (nSPS) is 16.8. The molecule has 0 unspecified atom stereocenters. The number of para-hydroxylation sites is 1. The molecule has 23 heavy (non-hydrogen) atoms. The van der Waals surface area contributed by atoms with Gasteiger partial charge in [-0.15, -0.1) is 0 Å². The van der Waals surface area contributed by atoms with Gasteiger partial charge in [0.15, 0.2) is 0 Å². The third-order valence-corrected chi connectivity index (χ3v) is 5.20. The number of aromatic nitrogens is 1. The first-order valence-electron chi connectivity index (χ1n) is 7.85. The Morgan fingerprint density at radius 2 is 2.04 bits per heavy atom. The van der Waals surface area contributed by atoms with Crippen LogP contribution in [-0.4, -0.2) is 35.0 Å². The number of rotatable bonds is 2. The maximum absolute atomic E-state index is 12.3. The average molecular weight is 353 g/mol. The van der Waals surface area contributed by atoms with Crippen molar-refractivity contribution in [3.8, 4) is 5.19 Å². The zero-order valence-electron chi connectivity index (χ0n) is 13.6. The van der Waals surface area contributed by atoms with Crippen molar-refractivity contribution < 1.29 is 9.53 Å². The van der Waals surface area contributed by atoms with E-state index in [1.807, 2.05) is 43.9 Å². The molecule has 124 valence electrons. The number of nitrogens with zero attached hydrogens (tertiary/aromatic N) is 2. The molecule has 4 nitrogen and oxygen atoms in total. The highest BCUT2D eigenvalue weighted by Gasteiger charge is 2.31. The van der Waals surface area contributed by atoms with Crippen LogP contribution in [0.4, 0.5) is 0 Å². The Labute approximate surface area is 145 Å². The van der Waals surface area contributed by atoms with E-state index in [-0.39, 0.29) is 17.4 Å². The predicted octanol–water partition coefficient (Wildman–Crippen LogP) is 4.37. The number of fused-ring (bicyclic) bond motifs is 1. The van der Waals surface area contributed by atoms with E-state index >= 15 is 0 Å². The average Bonchev–Trinajstić information content (AvgIpc) is 2.90. The zero-order chi connectivity index (χ0) is 16.6. The number of halogens is 1. The summed E-state index contributed by atoms with van der Waals surface area (Å²) in [6.07, 6.45) is 1.79. The van der Waals surface area contributed by atoms with Crippen LogP contribution in [0.1, 0.15) is 33.6 Å². The van der Waals surface area contributed by atoms with E-state index in [1.165, 1.54) is 11.3 Å². The molecule has 1 aliphatic heterocycles. The number of carbonyl (C=O) groups is 1. The summed E-state index contributed by atoms with van der Waals surface area (Å²) in [5, 5.41) is 1.31. The molecule has 1 aliphatic rings. The van der Waals surface area contributed by atoms with Crippen molar-refractivity contribution in [3.05, 3.63) is 23.2 Å². The van der Waals surface area contributed by atoms with Gasteiger partial charge in [-0.2, -0.15) is 0 Å². The molecule has 1 amide bonds. The lowest BCUT2D eigenvalue weighted by Crippen LogP contribution is -2.46. The molecule has 1 saturated heterocycles. The summed E-state index contributed by atoms with van der Waals surface area (Å²) in [4.78, 5) is 18.7. The number of hydrogen-bond donors (Lipinski definition) is 0. The molecule has 0 N–H and O–H groups in total. The fourth-order valence-electron chi connectivity index (χ4n) is 2.74. The van der Waals surface area contributed by atoms with Crippen molar-refractivity contribution >= 4 is 39.1 Å². The number of ether oxygens (including phenoxy) is 1. The summed E-state index contributed by atoms with van der Waals surface area (Å²) in [6.45, 7) is 7.37. The zero-order valence-corrected chi connectivity index (χ0v) is 15.2. The standard InChI is InChI=1S/C17H21ClN2O2S/c1-17(2,3)15(21)20-9-7-11(8-10-20)22-16-19-14-12(18)5-4-6-13(14)23-16/h4-6,11H,7-10H2,1-3H3. The molecule has 2 heterocycles. The van der Waals surface area contributed by atoms with Gasteiger partial charge in [-0.05, 0) is 12.1 Å². The van der Waals surface area contributed by atoms with Gasteiger partial charge in [0, 0.05) is 31.3 Å². The van der Waals surface area contributed by atoms with Crippen LogP contribution < -0.4 is 4.74 Å². The highest BCUT2D eigenvalue weighted by Crippen LogP contribution is 2.33. The van der Waals surface area contributed by atoms with Crippen molar-refractivity contribution in [3.63, 3.8) is 0 Å². The molecule has 2 aromatic rings. The second kappa shape index (κ2) is 6.29. The number of hydrogen-bond acceptors (Lipinski definition) is 4. The highest BCUT2D eigenvalue weighted by atomic mass is 35.5. The van der Waals surface area contributed by atoms with Crippen LogP contribution in [0.25, 0.3) is 10.2 Å². The Kier molecular flexibility index (Phi) is 4.52. The van der Waals surface area contributed by atoms with E-state index in [9.17, 15) is 4.79 Å². The van der Waals surface area contributed by atoms with Crippen LogP contribution in [-0.2, 0) is 4.79 Å². The molecule has 1 aromatic carbocycles. The minimum Gasteiger partial charge on any atom is -0.467 e. The molecule has 0 radical (unpaired) electrons. The smallest absolute Gasteiger partial charge is 0.274 e. The highest BCUT2D eigenvalue weighted by molar-refractivity contribution is 7.20. The molecule has 0 saturated carbocycles. The third kappa shape index (κ3) is 3.61. The minimum absolute atomic E-state index is 0.110. The molecular formula is C17H21ClN2O2S. The van der Waals surface area contributed by atoms with E-state index in [4.69, 9.17) is 16.3 Å². The summed E-state index contributed by atoms with van der Waals surface area (Å²) in [5.41, 5.74) is 0.479. The van der Waals surface area contributed by atoms with Gasteiger partial charge < -0.3 is 9.64 Å². The number of benzene rings is 1. The summed E-state index contributed by atoms with van der Waals surface area (Å²) < 4.78 is 7.05. The van der Waals surface area contributed by atoms with Gasteiger partial charge >= 0.3 is 0 Å². The molecule has 1 fully saturated rings. The monoisotopic (exact) mass is 352 g/mol. The van der Waals surface area contributed by atoms with E-state index in [2.05, 4.69) is 4.98 Å². The third-order valence-electron chi connectivity index (χ3n) is 3.99. The molecular weight excluding hydrogens is 332 g/mol. The summed E-state index contributed by atoms with van der Waals surface area (Å²) >= 11 is 7.67.